The van der Waals surface area contributed by atoms with Gasteiger partial charge in [0.05, 0.1) is 10.6 Å². The molecule has 5 nitrogen and oxygen atoms in total. The van der Waals surface area contributed by atoms with Crippen molar-refractivity contribution in [3.8, 4) is 0 Å². The van der Waals surface area contributed by atoms with Gasteiger partial charge in [-0.05, 0) is 73.6 Å². The fourth-order valence-electron chi connectivity index (χ4n) is 5.02. The van der Waals surface area contributed by atoms with Gasteiger partial charge in [-0.15, -0.1) is 0 Å². The van der Waals surface area contributed by atoms with Crippen LogP contribution in [0.5, 0.6) is 0 Å². The van der Waals surface area contributed by atoms with Crippen LogP contribution in [0.3, 0.4) is 0 Å². The Morgan fingerprint density at radius 3 is 2.33 bits per heavy atom. The Balaban J connectivity index is 1.28. The quantitative estimate of drug-likeness (QED) is 0.553. The molecule has 0 fully saturated rings. The minimum atomic E-state index is -3.62. The molecule has 1 amide bonds. The zero-order valence-electron chi connectivity index (χ0n) is 18.8. The maximum Gasteiger partial charge on any atom is 0.264 e. The van der Waals surface area contributed by atoms with Gasteiger partial charge < -0.3 is 4.90 Å². The Morgan fingerprint density at radius 1 is 0.909 bits per heavy atom. The lowest BCUT2D eigenvalue weighted by atomic mass is 10.0. The van der Waals surface area contributed by atoms with Gasteiger partial charge in [0.25, 0.3) is 10.0 Å². The molecule has 5 rings (SSSR count). The van der Waals surface area contributed by atoms with E-state index in [1.807, 2.05) is 59.5 Å². The van der Waals surface area contributed by atoms with E-state index in [-0.39, 0.29) is 16.8 Å². The first-order valence-electron chi connectivity index (χ1n) is 11.5. The summed E-state index contributed by atoms with van der Waals surface area (Å²) in [4.78, 5) is 15.2. The first-order valence-corrected chi connectivity index (χ1v) is 13.0. The standard InChI is InChI=1S/C27H28N2O3S/c1-20-19-23-8-3-5-11-26(23)29(20)27(30)17-14-21-12-15-24(16-13-21)33(31,32)28-18-6-9-22-7-2-4-10-25(22)28/h2-5,7-8,10-13,15-16,20H,6,9,14,17-19H2,1H3. The summed E-state index contributed by atoms with van der Waals surface area (Å²) < 4.78 is 28.2. The van der Waals surface area contributed by atoms with Gasteiger partial charge in [0.1, 0.15) is 0 Å². The van der Waals surface area contributed by atoms with E-state index in [1.165, 1.54) is 9.87 Å². The molecule has 2 heterocycles. The summed E-state index contributed by atoms with van der Waals surface area (Å²) in [6.07, 6.45) is 3.57. The molecule has 0 aliphatic carbocycles. The van der Waals surface area contributed by atoms with E-state index < -0.39 is 10.0 Å². The van der Waals surface area contributed by atoms with E-state index >= 15 is 0 Å². The van der Waals surface area contributed by atoms with Gasteiger partial charge in [0.2, 0.25) is 5.91 Å². The van der Waals surface area contributed by atoms with E-state index in [1.54, 1.807) is 12.1 Å². The lowest BCUT2D eigenvalue weighted by Crippen LogP contribution is -2.36. The largest absolute Gasteiger partial charge is 0.309 e. The van der Waals surface area contributed by atoms with Gasteiger partial charge >= 0.3 is 0 Å². The molecule has 170 valence electrons. The second-order valence-corrected chi connectivity index (χ2v) is 10.8. The smallest absolute Gasteiger partial charge is 0.264 e. The summed E-state index contributed by atoms with van der Waals surface area (Å²) in [5, 5.41) is 0. The number of anilines is 2. The van der Waals surface area contributed by atoms with Crippen LogP contribution in [-0.2, 0) is 34.1 Å². The number of para-hydroxylation sites is 2. The molecule has 0 aromatic heterocycles. The van der Waals surface area contributed by atoms with Crippen LogP contribution in [0.25, 0.3) is 0 Å². The Hall–Kier alpha value is -3.12. The molecule has 2 aliphatic heterocycles. The van der Waals surface area contributed by atoms with Crippen LogP contribution < -0.4 is 9.21 Å². The van der Waals surface area contributed by atoms with Crippen molar-refractivity contribution in [2.75, 3.05) is 15.7 Å². The lowest BCUT2D eigenvalue weighted by molar-refractivity contribution is -0.118. The van der Waals surface area contributed by atoms with E-state index in [0.29, 0.717) is 19.4 Å². The second-order valence-electron chi connectivity index (χ2n) is 8.90. The van der Waals surface area contributed by atoms with Crippen LogP contribution in [0.1, 0.15) is 36.5 Å². The summed E-state index contributed by atoms with van der Waals surface area (Å²) in [6.45, 7) is 2.57. The second kappa shape index (κ2) is 8.67. The number of carbonyl (C=O) groups excluding carboxylic acids is 1. The first kappa shape index (κ1) is 21.7. The molecule has 2 aliphatic rings. The van der Waals surface area contributed by atoms with Crippen molar-refractivity contribution in [3.63, 3.8) is 0 Å². The summed E-state index contributed by atoms with van der Waals surface area (Å²) in [6, 6.07) is 22.9. The number of hydrogen-bond acceptors (Lipinski definition) is 3. The predicted molar refractivity (Wildman–Crippen MR) is 131 cm³/mol. The third-order valence-corrected chi connectivity index (χ3v) is 8.51. The molecular formula is C27H28N2O3S. The number of fused-ring (bicyclic) bond motifs is 2. The number of amides is 1. The number of sulfonamides is 1. The van der Waals surface area contributed by atoms with Crippen molar-refractivity contribution in [3.05, 3.63) is 89.5 Å². The molecular weight excluding hydrogens is 432 g/mol. The monoisotopic (exact) mass is 460 g/mol. The molecule has 0 N–H and O–H groups in total. The molecule has 6 heteroatoms. The fourth-order valence-corrected chi connectivity index (χ4v) is 6.56. The number of nitrogens with zero attached hydrogens (tertiary/aromatic N) is 2. The minimum Gasteiger partial charge on any atom is -0.309 e. The van der Waals surface area contributed by atoms with Gasteiger partial charge in [-0.1, -0.05) is 48.5 Å². The van der Waals surface area contributed by atoms with Gasteiger partial charge in [0.15, 0.2) is 0 Å². The van der Waals surface area contributed by atoms with Gasteiger partial charge in [-0.25, -0.2) is 8.42 Å². The molecule has 3 aromatic carbocycles. The van der Waals surface area contributed by atoms with E-state index in [0.717, 1.165) is 41.8 Å². The van der Waals surface area contributed by atoms with Gasteiger partial charge in [-0.3, -0.25) is 9.10 Å². The third-order valence-electron chi connectivity index (χ3n) is 6.68. The normalized spacial score (nSPS) is 17.5. The third kappa shape index (κ3) is 4.04. The number of aryl methyl sites for hydroxylation is 2. The summed E-state index contributed by atoms with van der Waals surface area (Å²) in [5.74, 6) is 0.106. The number of hydrogen-bond donors (Lipinski definition) is 0. The maximum atomic E-state index is 13.3. The molecule has 0 spiro atoms. The van der Waals surface area contributed by atoms with E-state index in [2.05, 4.69) is 13.0 Å². The Morgan fingerprint density at radius 2 is 1.58 bits per heavy atom. The number of benzene rings is 3. The Kier molecular flexibility index (Phi) is 5.71. The van der Waals surface area contributed by atoms with Crippen molar-refractivity contribution >= 4 is 27.3 Å². The molecule has 1 atom stereocenters. The van der Waals surface area contributed by atoms with Gasteiger partial charge in [-0.2, -0.15) is 0 Å². The molecule has 0 radical (unpaired) electrons. The highest BCUT2D eigenvalue weighted by atomic mass is 32.2. The SMILES string of the molecule is CC1Cc2ccccc2N1C(=O)CCc1ccc(S(=O)(=O)N2CCCc3ccccc32)cc1. The summed E-state index contributed by atoms with van der Waals surface area (Å²) >= 11 is 0. The molecule has 33 heavy (non-hydrogen) atoms. The van der Waals surface area contributed by atoms with Crippen LogP contribution in [0.4, 0.5) is 11.4 Å². The average molecular weight is 461 g/mol. The van der Waals surface area contributed by atoms with Crippen LogP contribution in [0.2, 0.25) is 0 Å². The molecule has 0 saturated carbocycles. The molecule has 3 aromatic rings. The molecule has 0 saturated heterocycles. The highest BCUT2D eigenvalue weighted by Gasteiger charge is 2.31. The van der Waals surface area contributed by atoms with Crippen molar-refractivity contribution < 1.29 is 13.2 Å². The molecule has 0 bridgehead atoms. The van der Waals surface area contributed by atoms with E-state index in [9.17, 15) is 13.2 Å². The van der Waals surface area contributed by atoms with Crippen LogP contribution in [0.15, 0.2) is 77.7 Å². The lowest BCUT2D eigenvalue weighted by Gasteiger charge is -2.30. The van der Waals surface area contributed by atoms with Crippen molar-refractivity contribution in [1.82, 2.24) is 0 Å². The number of carbonyl (C=O) groups is 1. The van der Waals surface area contributed by atoms with E-state index in [4.69, 9.17) is 0 Å². The van der Waals surface area contributed by atoms with Crippen molar-refractivity contribution in [1.29, 1.82) is 0 Å². The topological polar surface area (TPSA) is 57.7 Å². The minimum absolute atomic E-state index is 0.106. The van der Waals surface area contributed by atoms with Gasteiger partial charge in [0, 0.05) is 24.7 Å². The summed E-state index contributed by atoms with van der Waals surface area (Å²) in [5.41, 5.74) is 5.03. The highest BCUT2D eigenvalue weighted by Crippen LogP contribution is 2.33. The van der Waals surface area contributed by atoms with Crippen LogP contribution in [-0.4, -0.2) is 26.9 Å². The zero-order valence-corrected chi connectivity index (χ0v) is 19.6. The molecule has 1 unspecified atom stereocenters. The zero-order chi connectivity index (χ0) is 23.0. The summed E-state index contributed by atoms with van der Waals surface area (Å²) in [7, 11) is -3.62. The predicted octanol–water partition coefficient (Wildman–Crippen LogP) is 4.74. The van der Waals surface area contributed by atoms with Crippen molar-refractivity contribution in [2.45, 2.75) is 50.0 Å². The Bertz CT molecular complexity index is 1280. The first-order chi connectivity index (χ1) is 15.9. The Labute approximate surface area is 195 Å². The highest BCUT2D eigenvalue weighted by molar-refractivity contribution is 7.92. The fraction of sp³-hybridized carbons (Fsp3) is 0.296. The average Bonchev–Trinajstić information content (AvgIpc) is 3.18. The maximum absolute atomic E-state index is 13.3. The van der Waals surface area contributed by atoms with Crippen molar-refractivity contribution in [2.24, 2.45) is 0 Å². The van der Waals surface area contributed by atoms with Crippen LogP contribution in [0, 0.1) is 0 Å². The number of rotatable bonds is 5. The van der Waals surface area contributed by atoms with Crippen LogP contribution >= 0.6 is 0 Å².